The molecule has 0 unspecified atom stereocenters. The Balaban J connectivity index is 0.000000850. The van der Waals surface area contributed by atoms with Crippen molar-refractivity contribution in [3.05, 3.63) is 65.7 Å². The molecule has 3 heteroatoms. The summed E-state index contributed by atoms with van der Waals surface area (Å²) >= 11 is 0. The van der Waals surface area contributed by atoms with E-state index in [0.717, 1.165) is 30.7 Å². The molecular weight excluding hydrogens is 490 g/mol. The summed E-state index contributed by atoms with van der Waals surface area (Å²) < 4.78 is 0. The van der Waals surface area contributed by atoms with Gasteiger partial charge >= 0.3 is 0 Å². The highest BCUT2D eigenvalue weighted by atomic mass is 16.6. The highest BCUT2D eigenvalue weighted by molar-refractivity contribution is 5.49. The summed E-state index contributed by atoms with van der Waals surface area (Å²) in [6.45, 7) is 5.52. The number of nitrogens with one attached hydrogen (secondary N) is 1. The van der Waals surface area contributed by atoms with Crippen LogP contribution in [0.4, 0.5) is 5.69 Å². The Labute approximate surface area is 248 Å². The molecule has 2 aromatic rings. The Bertz CT molecular complexity index is 764. The number of rotatable bonds is 25. The van der Waals surface area contributed by atoms with E-state index in [9.17, 15) is 0 Å². The molecule has 0 amide bonds. The highest BCUT2D eigenvalue weighted by Crippen LogP contribution is 2.19. The van der Waals surface area contributed by atoms with E-state index in [1.165, 1.54) is 128 Å². The van der Waals surface area contributed by atoms with Gasteiger partial charge in [-0.1, -0.05) is 178 Å². The van der Waals surface area contributed by atoms with E-state index in [1.807, 2.05) is 30.3 Å². The third-order valence-electron chi connectivity index (χ3n) is 7.62. The van der Waals surface area contributed by atoms with Gasteiger partial charge in [0, 0.05) is 0 Å². The molecule has 0 atom stereocenters. The van der Waals surface area contributed by atoms with Crippen LogP contribution < -0.4 is 5.48 Å². The molecule has 228 valence electrons. The number of benzene rings is 2. The molecule has 0 aliphatic rings. The topological polar surface area (TPSA) is 41.5 Å². The van der Waals surface area contributed by atoms with Crippen LogP contribution in [0.15, 0.2) is 54.6 Å². The smallest absolute Gasteiger partial charge is 0.0746 e. The average molecular weight is 554 g/mol. The summed E-state index contributed by atoms with van der Waals surface area (Å²) in [5.74, 6) is 0. The van der Waals surface area contributed by atoms with Gasteiger partial charge in [-0.15, -0.1) is 0 Å². The van der Waals surface area contributed by atoms with Crippen LogP contribution in [0.3, 0.4) is 0 Å². The number of para-hydroxylation sites is 1. The monoisotopic (exact) mass is 553 g/mol. The minimum atomic E-state index is 0.140. The van der Waals surface area contributed by atoms with E-state index in [4.69, 9.17) is 9.94 Å². The maximum atomic E-state index is 8.54. The normalized spacial score (nSPS) is 10.8. The van der Waals surface area contributed by atoms with Crippen molar-refractivity contribution in [2.24, 2.45) is 0 Å². The van der Waals surface area contributed by atoms with E-state index in [-0.39, 0.29) is 6.61 Å². The molecule has 0 heterocycles. The Kier molecular flexibility index (Phi) is 25.9. The zero-order valence-electron chi connectivity index (χ0n) is 26.3. The van der Waals surface area contributed by atoms with Crippen molar-refractivity contribution in [3.63, 3.8) is 0 Å². The second-order valence-corrected chi connectivity index (χ2v) is 11.4. The van der Waals surface area contributed by atoms with Crippen LogP contribution in [0.5, 0.6) is 0 Å². The molecule has 0 aromatic heterocycles. The van der Waals surface area contributed by atoms with Gasteiger partial charge in [0.15, 0.2) is 0 Å². The van der Waals surface area contributed by atoms with Crippen molar-refractivity contribution in [3.8, 4) is 0 Å². The summed E-state index contributed by atoms with van der Waals surface area (Å²) in [4.78, 5) is 5.78. The zero-order chi connectivity index (χ0) is 28.8. The molecular formula is C37H63NO2. The Morgan fingerprint density at radius 2 is 0.975 bits per heavy atom. The molecule has 0 saturated carbocycles. The van der Waals surface area contributed by atoms with Gasteiger partial charge in [0.2, 0.25) is 0 Å². The van der Waals surface area contributed by atoms with Crippen molar-refractivity contribution in [1.82, 2.24) is 0 Å². The first-order valence-electron chi connectivity index (χ1n) is 16.9. The summed E-state index contributed by atoms with van der Waals surface area (Å²) in [5, 5.41) is 8.54. The Morgan fingerprint density at radius 3 is 1.48 bits per heavy atom. The fraction of sp³-hybridized carbons (Fsp3) is 0.676. The van der Waals surface area contributed by atoms with Gasteiger partial charge in [0.1, 0.15) is 0 Å². The van der Waals surface area contributed by atoms with Crippen molar-refractivity contribution in [2.45, 2.75) is 155 Å². The lowest BCUT2D eigenvalue weighted by Gasteiger charge is -2.12. The second kappa shape index (κ2) is 28.7. The molecule has 0 radical (unpaired) electrons. The number of unbranched alkanes of at least 4 members (excludes halogenated alkanes) is 18. The minimum Gasteiger partial charge on any atom is -0.392 e. The number of hydrogen-bond acceptors (Lipinski definition) is 3. The van der Waals surface area contributed by atoms with Crippen LogP contribution in [0.1, 0.15) is 153 Å². The van der Waals surface area contributed by atoms with Crippen LogP contribution in [0, 0.1) is 0 Å². The van der Waals surface area contributed by atoms with E-state index in [0.29, 0.717) is 0 Å². The van der Waals surface area contributed by atoms with Crippen LogP contribution in [0.2, 0.25) is 0 Å². The summed E-state index contributed by atoms with van der Waals surface area (Å²) in [7, 11) is 0. The van der Waals surface area contributed by atoms with Gasteiger partial charge in [-0.2, -0.15) is 0 Å². The molecule has 0 fully saturated rings. The fourth-order valence-electron chi connectivity index (χ4n) is 5.01. The van der Waals surface area contributed by atoms with Gasteiger partial charge in [-0.05, 0) is 36.5 Å². The molecule has 0 saturated heterocycles. The fourth-order valence-corrected chi connectivity index (χ4v) is 5.01. The van der Waals surface area contributed by atoms with Gasteiger partial charge in [0.25, 0.3) is 0 Å². The molecule has 0 aliphatic heterocycles. The molecule has 3 nitrogen and oxygen atoms in total. The minimum absolute atomic E-state index is 0.140. The third kappa shape index (κ3) is 21.9. The van der Waals surface area contributed by atoms with Crippen LogP contribution in [-0.2, 0) is 17.9 Å². The van der Waals surface area contributed by atoms with E-state index in [2.05, 4.69) is 43.6 Å². The average Bonchev–Trinajstić information content (AvgIpc) is 3.00. The van der Waals surface area contributed by atoms with E-state index < -0.39 is 0 Å². The van der Waals surface area contributed by atoms with Crippen LogP contribution in [0.25, 0.3) is 0 Å². The number of hydrogen-bond donors (Lipinski definition) is 2. The van der Waals surface area contributed by atoms with Gasteiger partial charge in [-0.25, -0.2) is 0 Å². The first-order chi connectivity index (χ1) is 19.8. The summed E-state index contributed by atoms with van der Waals surface area (Å²) in [6.07, 6.45) is 28.7. The quantitative estimate of drug-likeness (QED) is 0.0949. The third-order valence-corrected chi connectivity index (χ3v) is 7.62. The maximum absolute atomic E-state index is 8.54. The van der Waals surface area contributed by atoms with Crippen molar-refractivity contribution in [2.75, 3.05) is 12.1 Å². The second-order valence-electron chi connectivity index (χ2n) is 11.4. The Morgan fingerprint density at radius 1 is 0.525 bits per heavy atom. The van der Waals surface area contributed by atoms with E-state index >= 15 is 0 Å². The zero-order valence-corrected chi connectivity index (χ0v) is 26.3. The largest absolute Gasteiger partial charge is 0.392 e. The molecule has 0 spiro atoms. The molecule has 2 aromatic carbocycles. The van der Waals surface area contributed by atoms with Gasteiger partial charge in [0.05, 0.1) is 18.9 Å². The molecule has 0 bridgehead atoms. The number of aryl methyl sites for hydroxylation is 1. The van der Waals surface area contributed by atoms with E-state index in [1.54, 1.807) is 0 Å². The number of aliphatic hydroxyl groups excluding tert-OH is 1. The maximum Gasteiger partial charge on any atom is 0.0746 e. The molecule has 2 N–H and O–H groups in total. The number of anilines is 1. The Hall–Kier alpha value is -1.84. The lowest BCUT2D eigenvalue weighted by Crippen LogP contribution is -2.05. The first kappa shape index (κ1) is 36.2. The summed E-state index contributed by atoms with van der Waals surface area (Å²) in [6, 6.07) is 18.2. The molecule has 2 rings (SSSR count). The van der Waals surface area contributed by atoms with Crippen molar-refractivity contribution >= 4 is 5.69 Å². The predicted molar refractivity (Wildman–Crippen MR) is 176 cm³/mol. The van der Waals surface area contributed by atoms with Gasteiger partial charge < -0.3 is 5.11 Å². The summed E-state index contributed by atoms with van der Waals surface area (Å²) in [5.41, 5.74) is 6.75. The van der Waals surface area contributed by atoms with Crippen molar-refractivity contribution < 1.29 is 9.94 Å². The number of aliphatic hydroxyl groups is 1. The lowest BCUT2D eigenvalue weighted by atomic mass is 10.0. The first-order valence-corrected chi connectivity index (χ1v) is 16.9. The van der Waals surface area contributed by atoms with Gasteiger partial charge in [-0.3, -0.25) is 10.3 Å². The standard InChI is InChI=1S/C30H55NO.C7H8O/c1-3-5-7-9-11-13-14-15-16-18-20-24-28-32-31-30-27-23-22-26-29(30)25-21-19-17-12-10-8-6-4-2;8-6-7-4-2-1-3-5-7/h22-23,26-27,31H,3-21,24-25,28H2,1-2H3;1-5,8H,6H2. The lowest BCUT2D eigenvalue weighted by molar-refractivity contribution is 0.187. The predicted octanol–water partition coefficient (Wildman–Crippen LogP) is 11.6. The SMILES string of the molecule is CCCCCCCCCCCCCCONc1ccccc1CCCCCCCCCC.OCc1ccccc1. The highest BCUT2D eigenvalue weighted by Gasteiger charge is 2.02. The molecule has 40 heavy (non-hydrogen) atoms. The van der Waals surface area contributed by atoms with Crippen LogP contribution in [-0.4, -0.2) is 11.7 Å². The van der Waals surface area contributed by atoms with Crippen molar-refractivity contribution in [1.29, 1.82) is 0 Å². The van der Waals surface area contributed by atoms with Crippen LogP contribution >= 0.6 is 0 Å². The molecule has 0 aliphatic carbocycles.